The number of hydrogen-bond acceptors (Lipinski definition) is 2. The van der Waals surface area contributed by atoms with Gasteiger partial charge >= 0.3 is 0 Å². The molecule has 0 spiro atoms. The number of rotatable bonds is 4. The standard InChI is InChI=1S/C12H17ClN2O/c1-9(13)8-14-12(16)10-4-6-11(7-5-10)15(2)3/h4-7,9H,8H2,1-3H3,(H,14,16). The van der Waals surface area contributed by atoms with Crippen molar-refractivity contribution in [1.82, 2.24) is 5.32 Å². The minimum atomic E-state index is -0.0854. The molecule has 16 heavy (non-hydrogen) atoms. The Hall–Kier alpha value is -1.22. The topological polar surface area (TPSA) is 32.3 Å². The lowest BCUT2D eigenvalue weighted by atomic mass is 10.2. The predicted octanol–water partition coefficient (Wildman–Crippen LogP) is 2.11. The summed E-state index contributed by atoms with van der Waals surface area (Å²) in [4.78, 5) is 13.6. The molecule has 1 unspecified atom stereocenters. The Morgan fingerprint density at radius 2 is 1.94 bits per heavy atom. The minimum Gasteiger partial charge on any atom is -0.378 e. The lowest BCUT2D eigenvalue weighted by Gasteiger charge is -2.12. The number of nitrogens with zero attached hydrogens (tertiary/aromatic N) is 1. The van der Waals surface area contributed by atoms with Gasteiger partial charge in [0.25, 0.3) is 5.91 Å². The van der Waals surface area contributed by atoms with Gasteiger partial charge in [-0.3, -0.25) is 4.79 Å². The van der Waals surface area contributed by atoms with Crippen molar-refractivity contribution >= 4 is 23.2 Å². The van der Waals surface area contributed by atoms with Crippen molar-refractivity contribution in [2.45, 2.75) is 12.3 Å². The molecule has 0 saturated heterocycles. The highest BCUT2D eigenvalue weighted by molar-refractivity contribution is 6.20. The Labute approximate surface area is 101 Å². The van der Waals surface area contributed by atoms with Crippen molar-refractivity contribution in [3.05, 3.63) is 29.8 Å². The number of benzene rings is 1. The average molecular weight is 241 g/mol. The van der Waals surface area contributed by atoms with Gasteiger partial charge in [0.2, 0.25) is 0 Å². The Kier molecular flexibility index (Phi) is 4.62. The van der Waals surface area contributed by atoms with Crippen LogP contribution < -0.4 is 10.2 Å². The summed E-state index contributed by atoms with van der Waals surface area (Å²) in [5, 5.41) is 2.71. The van der Waals surface area contributed by atoms with E-state index < -0.39 is 0 Å². The van der Waals surface area contributed by atoms with Crippen molar-refractivity contribution in [3.8, 4) is 0 Å². The molecule has 1 aromatic rings. The zero-order valence-corrected chi connectivity index (χ0v) is 10.6. The molecule has 3 nitrogen and oxygen atoms in total. The molecule has 4 heteroatoms. The molecule has 1 atom stereocenters. The highest BCUT2D eigenvalue weighted by Crippen LogP contribution is 2.12. The van der Waals surface area contributed by atoms with Gasteiger partial charge in [-0.25, -0.2) is 0 Å². The fourth-order valence-corrected chi connectivity index (χ4v) is 1.32. The van der Waals surface area contributed by atoms with Crippen LogP contribution in [0, 0.1) is 0 Å². The number of amides is 1. The van der Waals surface area contributed by atoms with Crippen LogP contribution in [-0.4, -0.2) is 31.9 Å². The summed E-state index contributed by atoms with van der Waals surface area (Å²) in [6, 6.07) is 7.45. The molecule has 1 N–H and O–H groups in total. The fourth-order valence-electron chi connectivity index (χ4n) is 1.25. The first-order chi connectivity index (χ1) is 7.50. The van der Waals surface area contributed by atoms with Gasteiger partial charge in [-0.1, -0.05) is 0 Å². The van der Waals surface area contributed by atoms with E-state index in [1.54, 1.807) is 0 Å². The van der Waals surface area contributed by atoms with Gasteiger partial charge in [-0.15, -0.1) is 11.6 Å². The van der Waals surface area contributed by atoms with E-state index in [4.69, 9.17) is 11.6 Å². The first-order valence-electron chi connectivity index (χ1n) is 5.20. The highest BCUT2D eigenvalue weighted by atomic mass is 35.5. The number of hydrogen-bond donors (Lipinski definition) is 1. The lowest BCUT2D eigenvalue weighted by molar-refractivity contribution is 0.0954. The zero-order valence-electron chi connectivity index (χ0n) is 9.83. The smallest absolute Gasteiger partial charge is 0.251 e. The van der Waals surface area contributed by atoms with Crippen LogP contribution in [0.25, 0.3) is 0 Å². The number of anilines is 1. The monoisotopic (exact) mass is 240 g/mol. The zero-order chi connectivity index (χ0) is 12.1. The highest BCUT2D eigenvalue weighted by Gasteiger charge is 2.06. The third-order valence-corrected chi connectivity index (χ3v) is 2.34. The molecule has 0 radical (unpaired) electrons. The second-order valence-electron chi connectivity index (χ2n) is 3.93. The van der Waals surface area contributed by atoms with Crippen LogP contribution in [0.15, 0.2) is 24.3 Å². The first-order valence-corrected chi connectivity index (χ1v) is 5.64. The average Bonchev–Trinajstić information content (AvgIpc) is 2.26. The third-order valence-electron chi connectivity index (χ3n) is 2.19. The Morgan fingerprint density at radius 3 is 2.38 bits per heavy atom. The molecule has 0 bridgehead atoms. The fraction of sp³-hybridized carbons (Fsp3) is 0.417. The molecule has 0 heterocycles. The van der Waals surface area contributed by atoms with Crippen LogP contribution in [-0.2, 0) is 0 Å². The van der Waals surface area contributed by atoms with Crippen molar-refractivity contribution in [3.63, 3.8) is 0 Å². The molecule has 0 aliphatic carbocycles. The van der Waals surface area contributed by atoms with Crippen LogP contribution in [0.1, 0.15) is 17.3 Å². The molecule has 88 valence electrons. The Balaban J connectivity index is 2.63. The van der Waals surface area contributed by atoms with Crippen molar-refractivity contribution in [2.24, 2.45) is 0 Å². The maximum absolute atomic E-state index is 11.6. The number of alkyl halides is 1. The van der Waals surface area contributed by atoms with Gasteiger partial charge in [0.1, 0.15) is 0 Å². The predicted molar refractivity (Wildman–Crippen MR) is 68.4 cm³/mol. The molecule has 0 saturated carbocycles. The molecule has 1 rings (SSSR count). The number of carbonyl (C=O) groups is 1. The van der Waals surface area contributed by atoms with Gasteiger partial charge < -0.3 is 10.2 Å². The van der Waals surface area contributed by atoms with Gasteiger partial charge in [0.05, 0.1) is 0 Å². The van der Waals surface area contributed by atoms with Crippen molar-refractivity contribution < 1.29 is 4.79 Å². The van der Waals surface area contributed by atoms with E-state index in [1.165, 1.54) is 0 Å². The van der Waals surface area contributed by atoms with Crippen LogP contribution in [0.3, 0.4) is 0 Å². The summed E-state index contributed by atoms with van der Waals surface area (Å²) in [5.74, 6) is -0.0854. The van der Waals surface area contributed by atoms with Gasteiger partial charge in [0, 0.05) is 37.3 Å². The second-order valence-corrected chi connectivity index (χ2v) is 4.68. The Morgan fingerprint density at radius 1 is 1.38 bits per heavy atom. The third kappa shape index (κ3) is 3.74. The van der Waals surface area contributed by atoms with E-state index in [0.717, 1.165) is 5.69 Å². The largest absolute Gasteiger partial charge is 0.378 e. The lowest BCUT2D eigenvalue weighted by Crippen LogP contribution is -2.28. The van der Waals surface area contributed by atoms with Gasteiger partial charge in [-0.2, -0.15) is 0 Å². The number of carbonyl (C=O) groups excluding carboxylic acids is 1. The van der Waals surface area contributed by atoms with Gasteiger partial charge in [0.15, 0.2) is 0 Å². The first kappa shape index (κ1) is 12.8. The SMILES string of the molecule is CC(Cl)CNC(=O)c1ccc(N(C)C)cc1. The summed E-state index contributed by atoms with van der Waals surface area (Å²) in [6.45, 7) is 2.33. The molecule has 0 aliphatic rings. The van der Waals surface area contributed by atoms with Crippen molar-refractivity contribution in [2.75, 3.05) is 25.5 Å². The van der Waals surface area contributed by atoms with E-state index in [0.29, 0.717) is 12.1 Å². The maximum Gasteiger partial charge on any atom is 0.251 e. The summed E-state index contributed by atoms with van der Waals surface area (Å²) in [5.41, 5.74) is 1.73. The maximum atomic E-state index is 11.6. The van der Waals surface area contributed by atoms with Crippen LogP contribution in [0.2, 0.25) is 0 Å². The molecule has 1 amide bonds. The molecule has 0 aromatic heterocycles. The minimum absolute atomic E-state index is 0.0509. The van der Waals surface area contributed by atoms with Crippen molar-refractivity contribution in [1.29, 1.82) is 0 Å². The van der Waals surface area contributed by atoms with E-state index in [1.807, 2.05) is 50.2 Å². The summed E-state index contributed by atoms with van der Waals surface area (Å²) < 4.78 is 0. The molecular weight excluding hydrogens is 224 g/mol. The van der Waals surface area contributed by atoms with Crippen LogP contribution in [0.4, 0.5) is 5.69 Å². The number of halogens is 1. The Bertz CT molecular complexity index is 347. The normalized spacial score (nSPS) is 12.0. The summed E-state index contributed by atoms with van der Waals surface area (Å²) in [7, 11) is 3.93. The summed E-state index contributed by atoms with van der Waals surface area (Å²) >= 11 is 5.75. The number of nitrogens with one attached hydrogen (secondary N) is 1. The van der Waals surface area contributed by atoms with Crippen LogP contribution >= 0.6 is 11.6 Å². The van der Waals surface area contributed by atoms with Crippen LogP contribution in [0.5, 0.6) is 0 Å². The van der Waals surface area contributed by atoms with E-state index in [2.05, 4.69) is 5.32 Å². The van der Waals surface area contributed by atoms with E-state index >= 15 is 0 Å². The summed E-state index contributed by atoms with van der Waals surface area (Å²) in [6.07, 6.45) is 0. The quantitative estimate of drug-likeness (QED) is 0.818. The van der Waals surface area contributed by atoms with E-state index in [9.17, 15) is 4.79 Å². The molecule has 0 fully saturated rings. The van der Waals surface area contributed by atoms with Gasteiger partial charge in [-0.05, 0) is 31.2 Å². The van der Waals surface area contributed by atoms with E-state index in [-0.39, 0.29) is 11.3 Å². The molecule has 0 aliphatic heterocycles. The molecular formula is C12H17ClN2O. The molecule has 1 aromatic carbocycles. The second kappa shape index (κ2) is 5.75.